The van der Waals surface area contributed by atoms with Crippen LogP contribution >= 0.6 is 0 Å². The van der Waals surface area contributed by atoms with E-state index in [0.717, 1.165) is 69.7 Å². The second kappa shape index (κ2) is 6.94. The molecule has 2 heterocycles. The number of fused-ring (bicyclic) bond motifs is 1. The molecule has 2 atom stereocenters. The molecule has 0 bridgehead atoms. The Bertz CT molecular complexity index is 636. The van der Waals surface area contributed by atoms with Gasteiger partial charge in [0.25, 0.3) is 5.56 Å². The van der Waals surface area contributed by atoms with Crippen molar-refractivity contribution in [2.24, 2.45) is 0 Å². The molecular formula is C18H28N4O2. The molecule has 2 aliphatic carbocycles. The zero-order chi connectivity index (χ0) is 16.5. The first-order chi connectivity index (χ1) is 11.7. The maximum absolute atomic E-state index is 12.2. The molecule has 1 aromatic heterocycles. The van der Waals surface area contributed by atoms with Crippen LogP contribution in [0.3, 0.4) is 0 Å². The maximum Gasteiger partial charge on any atom is 0.267 e. The number of hydrogen-bond acceptors (Lipinski definition) is 5. The number of hydrogen-bond donors (Lipinski definition) is 1. The summed E-state index contributed by atoms with van der Waals surface area (Å²) in [5, 5.41) is 14.4. The fourth-order valence-corrected chi connectivity index (χ4v) is 4.21. The van der Waals surface area contributed by atoms with Crippen molar-refractivity contribution in [3.8, 4) is 0 Å². The molecular weight excluding hydrogens is 304 g/mol. The van der Waals surface area contributed by atoms with Gasteiger partial charge < -0.3 is 5.11 Å². The molecule has 2 fully saturated rings. The van der Waals surface area contributed by atoms with Crippen molar-refractivity contribution < 1.29 is 5.11 Å². The van der Waals surface area contributed by atoms with Crippen LogP contribution in [-0.4, -0.2) is 69.6 Å². The van der Waals surface area contributed by atoms with Gasteiger partial charge in [-0.25, -0.2) is 4.68 Å². The minimum atomic E-state index is -0.116. The summed E-state index contributed by atoms with van der Waals surface area (Å²) in [6.45, 7) is 5.64. The van der Waals surface area contributed by atoms with Gasteiger partial charge in [-0.2, -0.15) is 5.10 Å². The minimum Gasteiger partial charge on any atom is -0.391 e. The van der Waals surface area contributed by atoms with Crippen molar-refractivity contribution >= 4 is 0 Å². The average molecular weight is 332 g/mol. The summed E-state index contributed by atoms with van der Waals surface area (Å²) in [5.41, 5.74) is 2.34. The Morgan fingerprint density at radius 3 is 2.58 bits per heavy atom. The van der Waals surface area contributed by atoms with E-state index >= 15 is 0 Å². The van der Waals surface area contributed by atoms with Gasteiger partial charge in [0.1, 0.15) is 0 Å². The van der Waals surface area contributed by atoms with E-state index in [1.54, 1.807) is 10.7 Å². The second-order valence-corrected chi connectivity index (χ2v) is 7.47. The smallest absolute Gasteiger partial charge is 0.267 e. The van der Waals surface area contributed by atoms with Crippen LogP contribution < -0.4 is 5.56 Å². The Balaban J connectivity index is 1.31. The molecule has 0 spiro atoms. The Hall–Kier alpha value is -1.24. The number of aliphatic hydroxyl groups is 1. The van der Waals surface area contributed by atoms with Gasteiger partial charge in [0, 0.05) is 44.8 Å². The van der Waals surface area contributed by atoms with Crippen LogP contribution in [0.2, 0.25) is 0 Å². The van der Waals surface area contributed by atoms with Crippen LogP contribution in [0, 0.1) is 0 Å². The third kappa shape index (κ3) is 3.27. The molecule has 6 heteroatoms. The van der Waals surface area contributed by atoms with Crippen LogP contribution in [0.4, 0.5) is 0 Å². The Kier molecular flexibility index (Phi) is 4.70. The van der Waals surface area contributed by atoms with Crippen molar-refractivity contribution in [3.63, 3.8) is 0 Å². The van der Waals surface area contributed by atoms with E-state index in [2.05, 4.69) is 14.9 Å². The highest BCUT2D eigenvalue weighted by atomic mass is 16.3. The fraction of sp³-hybridized carbons (Fsp3) is 0.778. The van der Waals surface area contributed by atoms with E-state index in [1.165, 1.54) is 12.8 Å². The van der Waals surface area contributed by atoms with Crippen LogP contribution in [0.1, 0.15) is 36.9 Å². The summed E-state index contributed by atoms with van der Waals surface area (Å²) in [4.78, 5) is 17.1. The maximum atomic E-state index is 12.2. The number of nitrogens with zero attached hydrogens (tertiary/aromatic N) is 4. The first kappa shape index (κ1) is 16.2. The molecule has 1 aromatic rings. The molecule has 3 aliphatic rings. The summed E-state index contributed by atoms with van der Waals surface area (Å²) in [7, 11) is 0. The summed E-state index contributed by atoms with van der Waals surface area (Å²) < 4.78 is 1.66. The van der Waals surface area contributed by atoms with Gasteiger partial charge in [0.2, 0.25) is 0 Å². The second-order valence-electron chi connectivity index (χ2n) is 7.47. The molecule has 0 aromatic carbocycles. The number of rotatable bonds is 4. The van der Waals surface area contributed by atoms with E-state index in [4.69, 9.17) is 0 Å². The van der Waals surface area contributed by atoms with Crippen molar-refractivity contribution in [1.82, 2.24) is 19.6 Å². The molecule has 1 saturated carbocycles. The summed E-state index contributed by atoms with van der Waals surface area (Å²) in [6, 6.07) is 2.19. The molecule has 1 saturated heterocycles. The third-order valence-electron chi connectivity index (χ3n) is 5.98. The van der Waals surface area contributed by atoms with Crippen molar-refractivity contribution in [2.45, 2.75) is 57.2 Å². The van der Waals surface area contributed by atoms with Crippen molar-refractivity contribution in [2.75, 3.05) is 32.7 Å². The predicted octanol–water partition coefficient (Wildman–Crippen LogP) is 0.263. The lowest BCUT2D eigenvalue weighted by molar-refractivity contribution is -0.0392. The summed E-state index contributed by atoms with van der Waals surface area (Å²) in [6.07, 6.45) is 6.36. The first-order valence-electron chi connectivity index (χ1n) is 9.45. The normalized spacial score (nSPS) is 28.4. The third-order valence-corrected chi connectivity index (χ3v) is 5.98. The lowest BCUT2D eigenvalue weighted by Gasteiger charge is -2.45. The molecule has 132 valence electrons. The lowest BCUT2D eigenvalue weighted by atomic mass is 9.87. The van der Waals surface area contributed by atoms with Crippen LogP contribution in [0.15, 0.2) is 10.9 Å². The van der Waals surface area contributed by atoms with Crippen molar-refractivity contribution in [3.05, 3.63) is 27.7 Å². The van der Waals surface area contributed by atoms with Gasteiger partial charge >= 0.3 is 0 Å². The zero-order valence-corrected chi connectivity index (χ0v) is 14.4. The first-order valence-corrected chi connectivity index (χ1v) is 9.45. The van der Waals surface area contributed by atoms with Crippen molar-refractivity contribution in [1.29, 1.82) is 0 Å². The number of piperazine rings is 1. The molecule has 1 aliphatic heterocycles. The Morgan fingerprint density at radius 2 is 1.88 bits per heavy atom. The van der Waals surface area contributed by atoms with E-state index in [-0.39, 0.29) is 11.7 Å². The van der Waals surface area contributed by atoms with E-state index in [9.17, 15) is 9.90 Å². The summed E-state index contributed by atoms with van der Waals surface area (Å²) in [5.74, 6) is 0. The van der Waals surface area contributed by atoms with Crippen LogP contribution in [-0.2, 0) is 19.4 Å². The van der Waals surface area contributed by atoms with Gasteiger partial charge in [-0.15, -0.1) is 0 Å². The molecule has 6 nitrogen and oxygen atoms in total. The topological polar surface area (TPSA) is 61.6 Å². The number of aryl methyl sites for hydroxylation is 2. The predicted molar refractivity (Wildman–Crippen MR) is 92.2 cm³/mol. The van der Waals surface area contributed by atoms with Gasteiger partial charge in [0.05, 0.1) is 18.3 Å². The quantitative estimate of drug-likeness (QED) is 0.857. The molecule has 4 rings (SSSR count). The highest BCUT2D eigenvalue weighted by molar-refractivity contribution is 5.20. The molecule has 24 heavy (non-hydrogen) atoms. The Morgan fingerprint density at radius 1 is 1.08 bits per heavy atom. The molecule has 1 N–H and O–H groups in total. The SMILES string of the molecule is O=c1cc2c(nn1CCN1CCN(C3CCC3O)CC1)CCCC2. The highest BCUT2D eigenvalue weighted by Gasteiger charge is 2.35. The van der Waals surface area contributed by atoms with Gasteiger partial charge in [-0.05, 0) is 44.1 Å². The molecule has 0 amide bonds. The fourth-order valence-electron chi connectivity index (χ4n) is 4.21. The van der Waals surface area contributed by atoms with E-state index < -0.39 is 0 Å². The van der Waals surface area contributed by atoms with Gasteiger partial charge in [-0.3, -0.25) is 14.6 Å². The van der Waals surface area contributed by atoms with Crippen LogP contribution in [0.5, 0.6) is 0 Å². The van der Waals surface area contributed by atoms with Gasteiger partial charge in [0.15, 0.2) is 0 Å². The Labute approximate surface area is 143 Å². The minimum absolute atomic E-state index is 0.0480. The zero-order valence-electron chi connectivity index (χ0n) is 14.4. The monoisotopic (exact) mass is 332 g/mol. The largest absolute Gasteiger partial charge is 0.391 e. The number of aliphatic hydroxyl groups excluding tert-OH is 1. The number of aromatic nitrogens is 2. The van der Waals surface area contributed by atoms with Gasteiger partial charge in [-0.1, -0.05) is 0 Å². The average Bonchev–Trinajstić information content (AvgIpc) is 2.60. The molecule has 0 radical (unpaired) electrons. The molecule has 2 unspecified atom stereocenters. The summed E-state index contributed by atoms with van der Waals surface area (Å²) >= 11 is 0. The van der Waals surface area contributed by atoms with E-state index in [0.29, 0.717) is 12.6 Å². The van der Waals surface area contributed by atoms with Crippen LogP contribution in [0.25, 0.3) is 0 Å². The van der Waals surface area contributed by atoms with E-state index in [1.807, 2.05) is 0 Å². The lowest BCUT2D eigenvalue weighted by Crippen LogP contribution is -2.57. The highest BCUT2D eigenvalue weighted by Crippen LogP contribution is 2.26. The standard InChI is InChI=1S/C18H28N4O2/c23-17-6-5-16(17)21-10-7-20(8-11-21)9-12-22-18(24)13-14-3-1-2-4-15(14)19-22/h13,16-17,23H,1-12H2.